The maximum Gasteiger partial charge on any atom is 0.315 e. The van der Waals surface area contributed by atoms with Crippen LogP contribution in [0.1, 0.15) is 26.0 Å². The normalized spacial score (nSPS) is 11.3. The van der Waals surface area contributed by atoms with Crippen molar-refractivity contribution in [3.63, 3.8) is 0 Å². The first-order valence-electron chi connectivity index (χ1n) is 7.64. The molecule has 2 amide bonds. The largest absolute Gasteiger partial charge is 0.396 e. The maximum atomic E-state index is 11.8. The smallest absolute Gasteiger partial charge is 0.315 e. The van der Waals surface area contributed by atoms with Gasteiger partial charge in [-0.05, 0) is 11.8 Å². The van der Waals surface area contributed by atoms with Crippen molar-refractivity contribution in [1.29, 1.82) is 0 Å². The Labute approximate surface area is 135 Å². The van der Waals surface area contributed by atoms with Crippen molar-refractivity contribution in [2.45, 2.75) is 26.8 Å². The molecule has 1 aromatic carbocycles. The molecule has 0 saturated carbocycles. The molecule has 0 fully saturated rings. The van der Waals surface area contributed by atoms with E-state index in [9.17, 15) is 4.79 Å². The number of aliphatic hydroxyl groups excluding tert-OH is 1. The van der Waals surface area contributed by atoms with E-state index >= 15 is 0 Å². The van der Waals surface area contributed by atoms with E-state index in [0.29, 0.717) is 31.0 Å². The monoisotopic (exact) mass is 317 g/mol. The zero-order valence-electron chi connectivity index (χ0n) is 13.5. The molecule has 0 unspecified atom stereocenters. The molecule has 124 valence electrons. The summed E-state index contributed by atoms with van der Waals surface area (Å²) >= 11 is 0. The lowest BCUT2D eigenvalue weighted by Crippen LogP contribution is -2.40. The molecule has 2 rings (SSSR count). The molecule has 0 spiro atoms. The van der Waals surface area contributed by atoms with E-state index in [1.54, 1.807) is 0 Å². The molecule has 0 aliphatic carbocycles. The second-order valence-corrected chi connectivity index (χ2v) is 6.22. The highest BCUT2D eigenvalue weighted by Crippen LogP contribution is 2.19. The lowest BCUT2D eigenvalue weighted by molar-refractivity contribution is 0.201. The van der Waals surface area contributed by atoms with E-state index in [1.165, 1.54) is 0 Å². The lowest BCUT2D eigenvalue weighted by atomic mass is 9.90. The Morgan fingerprint density at radius 2 is 2.00 bits per heavy atom. The van der Waals surface area contributed by atoms with E-state index in [1.807, 2.05) is 50.2 Å². The van der Waals surface area contributed by atoms with Crippen molar-refractivity contribution in [2.75, 3.05) is 13.2 Å². The van der Waals surface area contributed by atoms with Crippen LogP contribution in [0.3, 0.4) is 0 Å². The number of aromatic nitrogens is 1. The minimum Gasteiger partial charge on any atom is -0.396 e. The molecule has 6 heteroatoms. The third-order valence-electron chi connectivity index (χ3n) is 3.56. The number of aliphatic hydroxyl groups is 1. The molecule has 1 heterocycles. The van der Waals surface area contributed by atoms with Gasteiger partial charge in [-0.3, -0.25) is 0 Å². The van der Waals surface area contributed by atoms with Gasteiger partial charge in [-0.25, -0.2) is 4.79 Å². The van der Waals surface area contributed by atoms with E-state index in [4.69, 9.17) is 9.63 Å². The summed E-state index contributed by atoms with van der Waals surface area (Å²) < 4.78 is 5.28. The molecular formula is C17H23N3O3. The Hall–Kier alpha value is -2.34. The van der Waals surface area contributed by atoms with Crippen molar-refractivity contribution < 1.29 is 14.4 Å². The third-order valence-corrected chi connectivity index (χ3v) is 3.56. The van der Waals surface area contributed by atoms with Gasteiger partial charge >= 0.3 is 6.03 Å². The number of amides is 2. The van der Waals surface area contributed by atoms with E-state index in [2.05, 4.69) is 15.8 Å². The van der Waals surface area contributed by atoms with Crippen LogP contribution in [0.4, 0.5) is 4.79 Å². The molecular weight excluding hydrogens is 294 g/mol. The standard InChI is InChI=1S/C17H23N3O3/c1-17(2,8-9-21)12-19-16(22)18-11-14-10-15(23-20-14)13-6-4-3-5-7-13/h3-7,10,21H,8-9,11-12H2,1-2H3,(H2,18,19,22). The van der Waals surface area contributed by atoms with Crippen LogP contribution in [0.25, 0.3) is 11.3 Å². The summed E-state index contributed by atoms with van der Waals surface area (Å²) in [6.45, 7) is 4.88. The van der Waals surface area contributed by atoms with Crippen LogP contribution in [0.5, 0.6) is 0 Å². The van der Waals surface area contributed by atoms with Gasteiger partial charge < -0.3 is 20.3 Å². The van der Waals surface area contributed by atoms with Gasteiger partial charge in [-0.15, -0.1) is 0 Å². The van der Waals surface area contributed by atoms with Crippen LogP contribution in [0.2, 0.25) is 0 Å². The van der Waals surface area contributed by atoms with Gasteiger partial charge in [0.15, 0.2) is 5.76 Å². The number of carbonyl (C=O) groups excluding carboxylic acids is 1. The Morgan fingerprint density at radius 3 is 2.70 bits per heavy atom. The summed E-state index contributed by atoms with van der Waals surface area (Å²) in [5.41, 5.74) is 1.47. The van der Waals surface area contributed by atoms with Crippen molar-refractivity contribution in [3.05, 3.63) is 42.1 Å². The number of hydrogen-bond acceptors (Lipinski definition) is 4. The number of nitrogens with one attached hydrogen (secondary N) is 2. The van der Waals surface area contributed by atoms with E-state index in [0.717, 1.165) is 5.56 Å². The Morgan fingerprint density at radius 1 is 1.26 bits per heavy atom. The fraction of sp³-hybridized carbons (Fsp3) is 0.412. The molecule has 0 bridgehead atoms. The van der Waals surface area contributed by atoms with Crippen molar-refractivity contribution >= 4 is 6.03 Å². The zero-order valence-corrected chi connectivity index (χ0v) is 13.5. The summed E-state index contributed by atoms with van der Waals surface area (Å²) in [4.78, 5) is 11.8. The van der Waals surface area contributed by atoms with Crippen LogP contribution >= 0.6 is 0 Å². The molecule has 3 N–H and O–H groups in total. The second kappa shape index (κ2) is 7.78. The highest BCUT2D eigenvalue weighted by molar-refractivity contribution is 5.73. The molecule has 0 atom stereocenters. The van der Waals surface area contributed by atoms with Gasteiger partial charge in [0, 0.05) is 24.8 Å². The number of hydrogen-bond donors (Lipinski definition) is 3. The first-order chi connectivity index (χ1) is 11.0. The Balaban J connectivity index is 1.80. The molecule has 6 nitrogen and oxygen atoms in total. The van der Waals surface area contributed by atoms with Crippen LogP contribution in [-0.2, 0) is 6.54 Å². The lowest BCUT2D eigenvalue weighted by Gasteiger charge is -2.23. The topological polar surface area (TPSA) is 87.4 Å². The van der Waals surface area contributed by atoms with Gasteiger partial charge in [-0.2, -0.15) is 0 Å². The van der Waals surface area contributed by atoms with Crippen molar-refractivity contribution in [3.8, 4) is 11.3 Å². The number of benzene rings is 1. The highest BCUT2D eigenvalue weighted by atomic mass is 16.5. The van der Waals surface area contributed by atoms with Gasteiger partial charge in [0.25, 0.3) is 0 Å². The first kappa shape index (κ1) is 17.0. The summed E-state index contributed by atoms with van der Waals surface area (Å²) in [7, 11) is 0. The van der Waals surface area contributed by atoms with Gasteiger partial charge in [0.05, 0.1) is 6.54 Å². The zero-order chi connectivity index (χ0) is 16.7. The summed E-state index contributed by atoms with van der Waals surface area (Å²) in [5.74, 6) is 0.673. The number of urea groups is 1. The predicted octanol–water partition coefficient (Wildman–Crippen LogP) is 2.55. The molecule has 0 aliphatic rings. The van der Waals surface area contributed by atoms with Gasteiger partial charge in [-0.1, -0.05) is 49.3 Å². The average Bonchev–Trinajstić information content (AvgIpc) is 3.01. The van der Waals surface area contributed by atoms with E-state index in [-0.39, 0.29) is 18.1 Å². The number of carbonyl (C=O) groups is 1. The summed E-state index contributed by atoms with van der Waals surface area (Å²) in [6.07, 6.45) is 0.636. The Bertz CT molecular complexity index is 623. The molecule has 2 aromatic rings. The molecule has 0 radical (unpaired) electrons. The third kappa shape index (κ3) is 5.41. The van der Waals surface area contributed by atoms with Crippen LogP contribution in [0, 0.1) is 5.41 Å². The van der Waals surface area contributed by atoms with Crippen molar-refractivity contribution in [2.24, 2.45) is 5.41 Å². The minimum atomic E-state index is -0.264. The van der Waals surface area contributed by atoms with Gasteiger partial charge in [0.2, 0.25) is 0 Å². The SMILES string of the molecule is CC(C)(CCO)CNC(=O)NCc1cc(-c2ccccc2)on1. The van der Waals surface area contributed by atoms with Crippen LogP contribution in [-0.4, -0.2) is 29.4 Å². The fourth-order valence-electron chi connectivity index (χ4n) is 2.08. The molecule has 0 aliphatic heterocycles. The molecule has 1 aromatic heterocycles. The van der Waals surface area contributed by atoms with Crippen LogP contribution in [0.15, 0.2) is 40.9 Å². The summed E-state index contributed by atoms with van der Waals surface area (Å²) in [6, 6.07) is 11.2. The highest BCUT2D eigenvalue weighted by Gasteiger charge is 2.18. The Kier molecular flexibility index (Phi) is 5.76. The molecule has 0 saturated heterocycles. The number of nitrogens with zero attached hydrogens (tertiary/aromatic N) is 1. The second-order valence-electron chi connectivity index (χ2n) is 6.22. The van der Waals surface area contributed by atoms with E-state index < -0.39 is 0 Å². The van der Waals surface area contributed by atoms with Crippen LogP contribution < -0.4 is 10.6 Å². The quantitative estimate of drug-likeness (QED) is 0.732. The minimum absolute atomic E-state index is 0.109. The average molecular weight is 317 g/mol. The van der Waals surface area contributed by atoms with Crippen molar-refractivity contribution in [1.82, 2.24) is 15.8 Å². The molecule has 23 heavy (non-hydrogen) atoms. The summed E-state index contributed by atoms with van der Waals surface area (Å²) in [5, 5.41) is 18.5. The first-order valence-corrected chi connectivity index (χ1v) is 7.64. The maximum absolute atomic E-state index is 11.8. The fourth-order valence-corrected chi connectivity index (χ4v) is 2.08. The number of rotatable bonds is 7. The van der Waals surface area contributed by atoms with Gasteiger partial charge in [0.1, 0.15) is 5.69 Å². The predicted molar refractivity (Wildman–Crippen MR) is 87.7 cm³/mol.